The number of hydrazine groups is 1. The topological polar surface area (TPSA) is 35.6 Å². The van der Waals surface area contributed by atoms with E-state index < -0.39 is 0 Å². The number of hydrogen-bond acceptors (Lipinski definition) is 3. The lowest BCUT2D eigenvalue weighted by molar-refractivity contribution is -0.114. The highest BCUT2D eigenvalue weighted by atomic mass is 16.1. The molecule has 1 aliphatic heterocycles. The summed E-state index contributed by atoms with van der Waals surface area (Å²) in [6.07, 6.45) is 0.741. The van der Waals surface area contributed by atoms with Gasteiger partial charge in [0.1, 0.15) is 0 Å². The maximum Gasteiger partial charge on any atom is 0.221 e. The molecule has 0 bridgehead atoms. The first-order valence-corrected chi connectivity index (χ1v) is 4.43. The molecule has 1 amide bonds. The van der Waals surface area contributed by atoms with Gasteiger partial charge in [-0.1, -0.05) is 0 Å². The largest absolute Gasteiger partial charge is 0.298 e. The average molecular weight is 171 g/mol. The van der Waals surface area contributed by atoms with Crippen LogP contribution in [0.1, 0.15) is 13.8 Å². The van der Waals surface area contributed by atoms with Crippen molar-refractivity contribution in [1.29, 1.82) is 0 Å². The van der Waals surface area contributed by atoms with E-state index in [0.29, 0.717) is 6.04 Å². The SMILES string of the molecule is CC(C)N1CCN(NC=O)CC1. The Kier molecular flexibility index (Phi) is 3.49. The van der Waals surface area contributed by atoms with Crippen LogP contribution in [0.4, 0.5) is 0 Å². The number of nitrogens with one attached hydrogen (secondary N) is 1. The Labute approximate surface area is 73.5 Å². The van der Waals surface area contributed by atoms with E-state index in [1.165, 1.54) is 0 Å². The Hall–Kier alpha value is -0.610. The van der Waals surface area contributed by atoms with Crippen molar-refractivity contribution in [3.05, 3.63) is 0 Å². The lowest BCUT2D eigenvalue weighted by Gasteiger charge is -2.36. The Balaban J connectivity index is 2.24. The quantitative estimate of drug-likeness (QED) is 0.591. The zero-order chi connectivity index (χ0) is 8.97. The van der Waals surface area contributed by atoms with E-state index in [4.69, 9.17) is 0 Å². The van der Waals surface area contributed by atoms with E-state index >= 15 is 0 Å². The second-order valence-corrected chi connectivity index (χ2v) is 3.36. The van der Waals surface area contributed by atoms with Gasteiger partial charge in [-0.15, -0.1) is 0 Å². The molecule has 12 heavy (non-hydrogen) atoms. The second kappa shape index (κ2) is 4.42. The fraction of sp³-hybridized carbons (Fsp3) is 0.875. The van der Waals surface area contributed by atoms with Crippen molar-refractivity contribution in [3.63, 3.8) is 0 Å². The molecular formula is C8H17N3O. The molecule has 0 aliphatic carbocycles. The molecule has 0 radical (unpaired) electrons. The highest BCUT2D eigenvalue weighted by molar-refractivity contribution is 5.44. The van der Waals surface area contributed by atoms with Crippen LogP contribution in [0.15, 0.2) is 0 Å². The van der Waals surface area contributed by atoms with Crippen LogP contribution in [0.2, 0.25) is 0 Å². The smallest absolute Gasteiger partial charge is 0.221 e. The molecule has 0 aromatic carbocycles. The van der Waals surface area contributed by atoms with Crippen molar-refractivity contribution >= 4 is 6.41 Å². The summed E-state index contributed by atoms with van der Waals surface area (Å²) in [5.74, 6) is 0. The average Bonchev–Trinajstić information content (AvgIpc) is 2.06. The van der Waals surface area contributed by atoms with Crippen molar-refractivity contribution < 1.29 is 4.79 Å². The van der Waals surface area contributed by atoms with E-state index in [2.05, 4.69) is 24.2 Å². The van der Waals surface area contributed by atoms with Crippen LogP contribution in [0.5, 0.6) is 0 Å². The van der Waals surface area contributed by atoms with Crippen LogP contribution in [-0.4, -0.2) is 48.5 Å². The van der Waals surface area contributed by atoms with Gasteiger partial charge in [0.15, 0.2) is 0 Å². The first kappa shape index (κ1) is 9.48. The summed E-state index contributed by atoms with van der Waals surface area (Å²) in [4.78, 5) is 12.5. The van der Waals surface area contributed by atoms with Crippen molar-refractivity contribution in [3.8, 4) is 0 Å². The molecular weight excluding hydrogens is 154 g/mol. The maximum atomic E-state index is 10.1. The minimum Gasteiger partial charge on any atom is -0.298 e. The van der Waals surface area contributed by atoms with Gasteiger partial charge in [-0.2, -0.15) is 0 Å². The lowest BCUT2D eigenvalue weighted by atomic mass is 10.2. The third-order valence-electron chi connectivity index (χ3n) is 2.28. The van der Waals surface area contributed by atoms with Gasteiger partial charge in [-0.3, -0.25) is 15.1 Å². The monoisotopic (exact) mass is 171 g/mol. The van der Waals surface area contributed by atoms with Crippen molar-refractivity contribution in [1.82, 2.24) is 15.3 Å². The Morgan fingerprint density at radius 1 is 1.25 bits per heavy atom. The summed E-state index contributed by atoms with van der Waals surface area (Å²) in [6.45, 7) is 8.33. The lowest BCUT2D eigenvalue weighted by Crippen LogP contribution is -2.53. The summed E-state index contributed by atoms with van der Waals surface area (Å²) in [6, 6.07) is 0.614. The molecule has 0 aromatic rings. The van der Waals surface area contributed by atoms with Crippen molar-refractivity contribution in [2.45, 2.75) is 19.9 Å². The van der Waals surface area contributed by atoms with Gasteiger partial charge >= 0.3 is 0 Å². The van der Waals surface area contributed by atoms with Gasteiger partial charge in [0.25, 0.3) is 0 Å². The zero-order valence-electron chi connectivity index (χ0n) is 7.79. The van der Waals surface area contributed by atoms with Crippen molar-refractivity contribution in [2.75, 3.05) is 26.2 Å². The molecule has 0 unspecified atom stereocenters. The maximum absolute atomic E-state index is 10.1. The molecule has 70 valence electrons. The normalized spacial score (nSPS) is 21.2. The van der Waals surface area contributed by atoms with Crippen LogP contribution in [0.25, 0.3) is 0 Å². The Bertz CT molecular complexity index is 141. The summed E-state index contributed by atoms with van der Waals surface area (Å²) < 4.78 is 0. The first-order valence-electron chi connectivity index (χ1n) is 4.43. The summed E-state index contributed by atoms with van der Waals surface area (Å²) in [7, 11) is 0. The van der Waals surface area contributed by atoms with Gasteiger partial charge in [0, 0.05) is 32.2 Å². The minimum atomic E-state index is 0.614. The molecule has 0 spiro atoms. The number of amides is 1. The van der Waals surface area contributed by atoms with Gasteiger partial charge in [0.05, 0.1) is 0 Å². The fourth-order valence-electron chi connectivity index (χ4n) is 1.44. The molecule has 1 rings (SSSR count). The third kappa shape index (κ3) is 2.46. The number of hydrogen-bond donors (Lipinski definition) is 1. The predicted molar refractivity (Wildman–Crippen MR) is 47.5 cm³/mol. The molecule has 4 nitrogen and oxygen atoms in total. The fourth-order valence-corrected chi connectivity index (χ4v) is 1.44. The second-order valence-electron chi connectivity index (χ2n) is 3.36. The molecule has 1 fully saturated rings. The summed E-state index contributed by atoms with van der Waals surface area (Å²) in [5, 5.41) is 1.95. The number of piperazine rings is 1. The summed E-state index contributed by atoms with van der Waals surface area (Å²) in [5.41, 5.74) is 2.67. The van der Waals surface area contributed by atoms with Crippen LogP contribution in [0, 0.1) is 0 Å². The molecule has 1 aliphatic rings. The third-order valence-corrected chi connectivity index (χ3v) is 2.28. The molecule has 0 aromatic heterocycles. The number of rotatable bonds is 3. The van der Waals surface area contributed by atoms with Gasteiger partial charge in [0.2, 0.25) is 6.41 Å². The van der Waals surface area contributed by atoms with E-state index in [9.17, 15) is 4.79 Å². The standard InChI is InChI=1S/C8H17N3O/c1-8(2)10-3-5-11(6-4-10)9-7-12/h7-8H,3-6H2,1-2H3,(H,9,12). The molecule has 1 heterocycles. The van der Waals surface area contributed by atoms with E-state index in [-0.39, 0.29) is 0 Å². The molecule has 1 saturated heterocycles. The molecule has 4 heteroatoms. The predicted octanol–water partition coefficient (Wildman–Crippen LogP) is -0.327. The van der Waals surface area contributed by atoms with Crippen LogP contribution < -0.4 is 5.43 Å². The van der Waals surface area contributed by atoms with E-state index in [0.717, 1.165) is 32.6 Å². The Morgan fingerprint density at radius 3 is 2.25 bits per heavy atom. The van der Waals surface area contributed by atoms with E-state index in [1.807, 2.05) is 5.01 Å². The molecule has 1 N–H and O–H groups in total. The number of nitrogens with zero attached hydrogens (tertiary/aromatic N) is 2. The first-order chi connectivity index (χ1) is 5.74. The highest BCUT2D eigenvalue weighted by Gasteiger charge is 2.17. The van der Waals surface area contributed by atoms with Crippen LogP contribution >= 0.6 is 0 Å². The molecule has 0 atom stereocenters. The van der Waals surface area contributed by atoms with Gasteiger partial charge in [-0.25, -0.2) is 5.01 Å². The van der Waals surface area contributed by atoms with E-state index in [1.54, 1.807) is 0 Å². The zero-order valence-corrected chi connectivity index (χ0v) is 7.79. The van der Waals surface area contributed by atoms with Crippen LogP contribution in [0.3, 0.4) is 0 Å². The van der Waals surface area contributed by atoms with Crippen LogP contribution in [-0.2, 0) is 4.79 Å². The molecule has 0 saturated carbocycles. The van der Waals surface area contributed by atoms with Gasteiger partial charge < -0.3 is 0 Å². The number of carbonyl (C=O) groups is 1. The van der Waals surface area contributed by atoms with Crippen molar-refractivity contribution in [2.24, 2.45) is 0 Å². The minimum absolute atomic E-state index is 0.614. The Morgan fingerprint density at radius 2 is 1.83 bits per heavy atom. The van der Waals surface area contributed by atoms with Gasteiger partial charge in [-0.05, 0) is 13.8 Å². The number of carbonyl (C=O) groups excluding carboxylic acids is 1. The highest BCUT2D eigenvalue weighted by Crippen LogP contribution is 2.02. The summed E-state index contributed by atoms with van der Waals surface area (Å²) >= 11 is 0.